The molecule has 0 atom stereocenters. The van der Waals surface area contributed by atoms with Crippen LogP contribution in [0.2, 0.25) is 10.0 Å². The third-order valence-corrected chi connectivity index (χ3v) is 5.71. The predicted molar refractivity (Wildman–Crippen MR) is 122 cm³/mol. The third-order valence-electron chi connectivity index (χ3n) is 5.17. The van der Waals surface area contributed by atoms with Gasteiger partial charge in [-0.15, -0.1) is 0 Å². The minimum atomic E-state index is -1.16. The number of hydrazine groups is 1. The molecule has 1 aliphatic heterocycles. The van der Waals surface area contributed by atoms with Gasteiger partial charge in [0, 0.05) is 16.7 Å². The summed E-state index contributed by atoms with van der Waals surface area (Å²) < 4.78 is 13.3. The smallest absolute Gasteiger partial charge is 0.287 e. The number of Topliss-reactive ketones (excluding diaryl/α,β-unsaturated/α-hetero) is 1. The number of carbonyl (C=O) groups is 4. The lowest BCUT2D eigenvalue weighted by Gasteiger charge is -2.29. The fourth-order valence-corrected chi connectivity index (χ4v) is 4.01. The van der Waals surface area contributed by atoms with Crippen LogP contribution in [0, 0.1) is 15.9 Å². The molecule has 0 saturated carbocycles. The monoisotopic (exact) mass is 515 g/mol. The lowest BCUT2D eigenvalue weighted by Crippen LogP contribution is -2.51. The van der Waals surface area contributed by atoms with Gasteiger partial charge in [0.1, 0.15) is 17.9 Å². The maximum atomic E-state index is 13.5. The van der Waals surface area contributed by atoms with Crippen LogP contribution in [0.15, 0.2) is 60.7 Å². The number of benzene rings is 3. The maximum absolute atomic E-state index is 13.5. The Morgan fingerprint density at radius 3 is 2.31 bits per heavy atom. The topological polar surface area (TPSA) is 118 Å². The lowest BCUT2D eigenvalue weighted by atomic mass is 10.1. The molecule has 0 fully saturated rings. The van der Waals surface area contributed by atoms with E-state index in [0.29, 0.717) is 10.0 Å². The predicted octanol–water partition coefficient (Wildman–Crippen LogP) is 4.58. The number of rotatable bonds is 6. The Bertz CT molecular complexity index is 1430. The van der Waals surface area contributed by atoms with Gasteiger partial charge < -0.3 is 0 Å². The van der Waals surface area contributed by atoms with Crippen LogP contribution in [0.3, 0.4) is 0 Å². The van der Waals surface area contributed by atoms with E-state index < -0.39 is 52.0 Å². The molecule has 176 valence electrons. The average Bonchev–Trinajstić information content (AvgIpc) is 3.07. The van der Waals surface area contributed by atoms with E-state index in [1.54, 1.807) is 0 Å². The number of halogens is 3. The van der Waals surface area contributed by atoms with Crippen molar-refractivity contribution < 1.29 is 28.5 Å². The summed E-state index contributed by atoms with van der Waals surface area (Å²) in [5, 5.41) is 12.4. The highest BCUT2D eigenvalue weighted by atomic mass is 35.5. The first-order valence-corrected chi connectivity index (χ1v) is 10.6. The molecule has 0 spiro atoms. The van der Waals surface area contributed by atoms with Gasteiger partial charge in [-0.05, 0) is 48.5 Å². The molecule has 0 bridgehead atoms. The molecule has 0 aromatic heterocycles. The number of ketones is 1. The quantitative estimate of drug-likeness (QED) is 0.205. The SMILES string of the molecule is O=C(CN(C(=O)c1ccc(Cl)cc1Cl)N1C(=O)c2cccc([N+](=O)[O-])c2C1=O)c1ccc(F)cc1. The summed E-state index contributed by atoms with van der Waals surface area (Å²) in [6.45, 7) is -0.831. The van der Waals surface area contributed by atoms with E-state index in [9.17, 15) is 33.7 Å². The molecule has 3 amide bonds. The standard InChI is InChI=1S/C23H12Cl2FN3O6/c24-13-6-9-15(17(25)10-13)21(31)27(11-19(30)12-4-7-14(26)8-5-12)28-22(32)16-2-1-3-18(29(34)35)20(16)23(28)33/h1-10H,11H2. The van der Waals surface area contributed by atoms with Crippen molar-refractivity contribution in [3.05, 3.63) is 109 Å². The van der Waals surface area contributed by atoms with Gasteiger partial charge in [-0.1, -0.05) is 29.3 Å². The van der Waals surface area contributed by atoms with Crippen molar-refractivity contribution in [1.29, 1.82) is 0 Å². The first-order valence-electron chi connectivity index (χ1n) is 9.82. The van der Waals surface area contributed by atoms with E-state index in [1.165, 1.54) is 42.5 Å². The Balaban J connectivity index is 1.80. The van der Waals surface area contributed by atoms with Gasteiger partial charge in [0.15, 0.2) is 5.78 Å². The van der Waals surface area contributed by atoms with Crippen molar-refractivity contribution in [3.8, 4) is 0 Å². The molecule has 3 aromatic rings. The largest absolute Gasteiger partial charge is 0.292 e. The molecule has 0 aliphatic carbocycles. The maximum Gasteiger partial charge on any atom is 0.287 e. The molecule has 0 unspecified atom stereocenters. The number of hydrogen-bond donors (Lipinski definition) is 0. The van der Waals surface area contributed by atoms with Crippen molar-refractivity contribution >= 4 is 52.4 Å². The highest BCUT2D eigenvalue weighted by molar-refractivity contribution is 6.37. The van der Waals surface area contributed by atoms with Crippen LogP contribution in [0.5, 0.6) is 0 Å². The van der Waals surface area contributed by atoms with E-state index in [1.807, 2.05) is 0 Å². The van der Waals surface area contributed by atoms with E-state index in [0.717, 1.165) is 18.2 Å². The second-order valence-electron chi connectivity index (χ2n) is 7.30. The fourth-order valence-electron chi connectivity index (χ4n) is 3.53. The van der Waals surface area contributed by atoms with Gasteiger partial charge in [-0.2, -0.15) is 5.01 Å². The van der Waals surface area contributed by atoms with E-state index in [2.05, 4.69) is 0 Å². The summed E-state index contributed by atoms with van der Waals surface area (Å²) >= 11 is 12.0. The van der Waals surface area contributed by atoms with Gasteiger partial charge in [-0.3, -0.25) is 29.3 Å². The van der Waals surface area contributed by atoms with Crippen molar-refractivity contribution in [2.75, 3.05) is 6.54 Å². The van der Waals surface area contributed by atoms with Crippen LogP contribution in [0.25, 0.3) is 0 Å². The molecular weight excluding hydrogens is 504 g/mol. The molecule has 12 heteroatoms. The van der Waals surface area contributed by atoms with E-state index >= 15 is 0 Å². The van der Waals surface area contributed by atoms with Gasteiger partial charge in [-0.25, -0.2) is 9.40 Å². The van der Waals surface area contributed by atoms with E-state index in [-0.39, 0.29) is 26.7 Å². The first-order chi connectivity index (χ1) is 16.6. The number of hydrogen-bond acceptors (Lipinski definition) is 6. The molecule has 9 nitrogen and oxygen atoms in total. The van der Waals surface area contributed by atoms with Gasteiger partial charge in [0.25, 0.3) is 23.4 Å². The lowest BCUT2D eigenvalue weighted by molar-refractivity contribution is -0.385. The molecule has 0 N–H and O–H groups in total. The zero-order valence-electron chi connectivity index (χ0n) is 17.4. The fraction of sp³-hybridized carbons (Fsp3) is 0.0435. The molecule has 3 aromatic carbocycles. The van der Waals surface area contributed by atoms with Gasteiger partial charge in [0.05, 0.1) is 21.1 Å². The Morgan fingerprint density at radius 1 is 1.00 bits per heavy atom. The van der Waals surface area contributed by atoms with Crippen LogP contribution < -0.4 is 0 Å². The number of fused-ring (bicyclic) bond motifs is 1. The Morgan fingerprint density at radius 2 is 1.69 bits per heavy atom. The van der Waals surface area contributed by atoms with Crippen molar-refractivity contribution in [1.82, 2.24) is 10.0 Å². The normalized spacial score (nSPS) is 12.5. The molecular formula is C23H12Cl2FN3O6. The van der Waals surface area contributed by atoms with Crippen molar-refractivity contribution in [2.24, 2.45) is 0 Å². The zero-order chi connectivity index (χ0) is 25.4. The number of imide groups is 1. The molecule has 0 saturated heterocycles. The highest BCUT2D eigenvalue weighted by Crippen LogP contribution is 2.33. The van der Waals surface area contributed by atoms with Crippen molar-refractivity contribution in [2.45, 2.75) is 0 Å². The van der Waals surface area contributed by atoms with Crippen LogP contribution in [0.4, 0.5) is 10.1 Å². The summed E-state index contributed by atoms with van der Waals surface area (Å²) in [5.41, 5.74) is -1.65. The minimum absolute atomic E-state index is 0.00556. The second kappa shape index (κ2) is 9.24. The minimum Gasteiger partial charge on any atom is -0.292 e. The second-order valence-corrected chi connectivity index (χ2v) is 8.14. The molecule has 1 aliphatic rings. The van der Waals surface area contributed by atoms with Crippen LogP contribution >= 0.6 is 23.2 Å². The summed E-state index contributed by atoms with van der Waals surface area (Å²) in [4.78, 5) is 63.3. The molecule has 35 heavy (non-hydrogen) atoms. The van der Waals surface area contributed by atoms with Gasteiger partial charge in [0.2, 0.25) is 0 Å². The van der Waals surface area contributed by atoms with Crippen LogP contribution in [-0.4, -0.2) is 45.0 Å². The number of carbonyl (C=O) groups excluding carboxylic acids is 4. The molecule has 1 heterocycles. The number of amides is 3. The number of nitrogens with zero attached hydrogens (tertiary/aromatic N) is 3. The first kappa shape index (κ1) is 24.0. The highest BCUT2D eigenvalue weighted by Gasteiger charge is 2.46. The summed E-state index contributed by atoms with van der Waals surface area (Å²) in [6.07, 6.45) is 0. The summed E-state index contributed by atoms with van der Waals surface area (Å²) in [6, 6.07) is 11.7. The average molecular weight is 516 g/mol. The Labute approximate surface area is 206 Å². The summed E-state index contributed by atoms with van der Waals surface area (Å²) in [5.74, 6) is -4.56. The Hall–Kier alpha value is -4.15. The Kier molecular flexibility index (Phi) is 6.33. The van der Waals surface area contributed by atoms with Gasteiger partial charge >= 0.3 is 0 Å². The summed E-state index contributed by atoms with van der Waals surface area (Å²) in [7, 11) is 0. The van der Waals surface area contributed by atoms with Crippen LogP contribution in [0.1, 0.15) is 41.4 Å². The zero-order valence-corrected chi connectivity index (χ0v) is 18.9. The van der Waals surface area contributed by atoms with E-state index in [4.69, 9.17) is 23.2 Å². The third kappa shape index (κ3) is 4.36. The van der Waals surface area contributed by atoms with Crippen LogP contribution in [-0.2, 0) is 0 Å². The van der Waals surface area contributed by atoms with Crippen molar-refractivity contribution in [3.63, 3.8) is 0 Å². The molecule has 4 rings (SSSR count). The molecule has 0 radical (unpaired) electrons. The number of nitro benzene ring substituents is 1. The number of nitro groups is 1.